The topological polar surface area (TPSA) is 88.6 Å². The molecule has 7 heteroatoms. The van der Waals surface area contributed by atoms with Crippen LogP contribution in [0.25, 0.3) is 0 Å². The second-order valence-electron chi connectivity index (χ2n) is 5.86. The first-order chi connectivity index (χ1) is 9.95. The second kappa shape index (κ2) is 6.71. The predicted molar refractivity (Wildman–Crippen MR) is 77.1 cm³/mol. The van der Waals surface area contributed by atoms with E-state index in [4.69, 9.17) is 4.42 Å². The Bertz CT molecular complexity index is 504. The number of nitro groups is 1. The molecule has 1 N–H and O–H groups in total. The molecule has 2 atom stereocenters. The Morgan fingerprint density at radius 3 is 2.67 bits per heavy atom. The number of nitrogens with zero attached hydrogens (tertiary/aromatic N) is 2. The van der Waals surface area contributed by atoms with Crippen LogP contribution >= 0.6 is 0 Å². The van der Waals surface area contributed by atoms with Gasteiger partial charge in [0.1, 0.15) is 4.92 Å². The first kappa shape index (κ1) is 15.5. The van der Waals surface area contributed by atoms with Crippen LogP contribution in [0.3, 0.4) is 0 Å². The summed E-state index contributed by atoms with van der Waals surface area (Å²) in [5.74, 6) is 0.497. The van der Waals surface area contributed by atoms with Crippen LogP contribution in [0.1, 0.15) is 30.8 Å². The van der Waals surface area contributed by atoms with Crippen molar-refractivity contribution in [3.63, 3.8) is 0 Å². The molecule has 2 heterocycles. The molecule has 1 amide bonds. The minimum absolute atomic E-state index is 0.0259. The normalized spacial score (nSPS) is 23.0. The number of carbonyl (C=O) groups is 1. The zero-order chi connectivity index (χ0) is 15.4. The molecule has 1 aromatic rings. The van der Waals surface area contributed by atoms with Crippen molar-refractivity contribution in [3.8, 4) is 0 Å². The maximum absolute atomic E-state index is 11.8. The molecule has 0 saturated carbocycles. The highest BCUT2D eigenvalue weighted by Gasteiger charge is 2.22. The van der Waals surface area contributed by atoms with Crippen molar-refractivity contribution in [2.75, 3.05) is 26.2 Å². The SMILES string of the molecule is C[C@@H]1C[C@@H](C)CN(CCNC(=O)c2ccc([N+](=O)[O-])o2)C1. The number of rotatable bonds is 5. The van der Waals surface area contributed by atoms with Gasteiger partial charge in [0.2, 0.25) is 0 Å². The van der Waals surface area contributed by atoms with E-state index in [9.17, 15) is 14.9 Å². The van der Waals surface area contributed by atoms with Crippen molar-refractivity contribution >= 4 is 11.8 Å². The highest BCUT2D eigenvalue weighted by Crippen LogP contribution is 2.20. The summed E-state index contributed by atoms with van der Waals surface area (Å²) in [6.07, 6.45) is 1.25. The minimum atomic E-state index is -0.659. The van der Waals surface area contributed by atoms with Crippen LogP contribution in [0.5, 0.6) is 0 Å². The van der Waals surface area contributed by atoms with Crippen LogP contribution in [-0.2, 0) is 0 Å². The summed E-state index contributed by atoms with van der Waals surface area (Å²) in [4.78, 5) is 24.0. The van der Waals surface area contributed by atoms with Gasteiger partial charge in [-0.05, 0) is 24.3 Å². The number of amides is 1. The van der Waals surface area contributed by atoms with Gasteiger partial charge in [-0.15, -0.1) is 0 Å². The molecule has 0 spiro atoms. The van der Waals surface area contributed by atoms with Gasteiger partial charge in [-0.25, -0.2) is 0 Å². The van der Waals surface area contributed by atoms with Crippen molar-refractivity contribution < 1.29 is 14.1 Å². The summed E-state index contributed by atoms with van der Waals surface area (Å²) in [6, 6.07) is 2.50. The summed E-state index contributed by atoms with van der Waals surface area (Å²) < 4.78 is 4.86. The minimum Gasteiger partial charge on any atom is -0.395 e. The Morgan fingerprint density at radius 2 is 2.10 bits per heavy atom. The number of furan rings is 1. The van der Waals surface area contributed by atoms with Gasteiger partial charge in [-0.2, -0.15) is 0 Å². The number of nitrogens with one attached hydrogen (secondary N) is 1. The van der Waals surface area contributed by atoms with Crippen LogP contribution in [-0.4, -0.2) is 41.9 Å². The maximum Gasteiger partial charge on any atom is 0.433 e. The molecule has 1 aliphatic heterocycles. The average Bonchev–Trinajstić information content (AvgIpc) is 2.87. The van der Waals surface area contributed by atoms with E-state index in [-0.39, 0.29) is 5.76 Å². The molecule has 1 fully saturated rings. The molecule has 0 radical (unpaired) electrons. The van der Waals surface area contributed by atoms with Crippen LogP contribution in [0.2, 0.25) is 0 Å². The van der Waals surface area contributed by atoms with Crippen LogP contribution in [0.15, 0.2) is 16.5 Å². The third-order valence-corrected chi connectivity index (χ3v) is 3.65. The van der Waals surface area contributed by atoms with E-state index in [1.54, 1.807) is 0 Å². The second-order valence-corrected chi connectivity index (χ2v) is 5.86. The Labute approximate surface area is 123 Å². The standard InChI is InChI=1S/C14H21N3O4/c1-10-7-11(2)9-16(8-10)6-5-15-14(18)12-3-4-13(21-12)17(19)20/h3-4,10-11H,5-9H2,1-2H3,(H,15,18)/t10-,11-/m1/s1. The monoisotopic (exact) mass is 295 g/mol. The molecular formula is C14H21N3O4. The highest BCUT2D eigenvalue weighted by molar-refractivity contribution is 5.91. The lowest BCUT2D eigenvalue weighted by molar-refractivity contribution is -0.402. The number of piperidine rings is 1. The van der Waals surface area contributed by atoms with Gasteiger partial charge in [0.25, 0.3) is 5.91 Å². The summed E-state index contributed by atoms with van der Waals surface area (Å²) >= 11 is 0. The quantitative estimate of drug-likeness (QED) is 0.662. The Balaban J connectivity index is 1.77. The van der Waals surface area contributed by atoms with Crippen molar-refractivity contribution in [2.24, 2.45) is 11.8 Å². The largest absolute Gasteiger partial charge is 0.433 e. The fourth-order valence-corrected chi connectivity index (χ4v) is 2.94. The van der Waals surface area contributed by atoms with Crippen LogP contribution in [0, 0.1) is 22.0 Å². The van der Waals surface area contributed by atoms with Crippen molar-refractivity contribution in [1.29, 1.82) is 0 Å². The van der Waals surface area contributed by atoms with Gasteiger partial charge >= 0.3 is 5.88 Å². The fraction of sp³-hybridized carbons (Fsp3) is 0.643. The molecule has 1 aliphatic rings. The van der Waals surface area contributed by atoms with Gasteiger partial charge in [0.15, 0.2) is 5.76 Å². The van der Waals surface area contributed by atoms with Crippen LogP contribution in [0.4, 0.5) is 5.88 Å². The van der Waals surface area contributed by atoms with Gasteiger partial charge in [-0.3, -0.25) is 14.9 Å². The first-order valence-electron chi connectivity index (χ1n) is 7.20. The Morgan fingerprint density at radius 1 is 1.43 bits per heavy atom. The number of hydrogen-bond acceptors (Lipinski definition) is 5. The van der Waals surface area contributed by atoms with Crippen LogP contribution < -0.4 is 5.32 Å². The lowest BCUT2D eigenvalue weighted by atomic mass is 9.92. The lowest BCUT2D eigenvalue weighted by Crippen LogP contribution is -2.42. The number of likely N-dealkylation sites (tertiary alicyclic amines) is 1. The summed E-state index contributed by atoms with van der Waals surface area (Å²) in [6.45, 7) is 7.86. The van der Waals surface area contributed by atoms with E-state index in [0.29, 0.717) is 18.4 Å². The number of carbonyl (C=O) groups excluding carboxylic acids is 1. The van der Waals surface area contributed by atoms with E-state index < -0.39 is 16.7 Å². The maximum atomic E-state index is 11.8. The van der Waals surface area contributed by atoms with Crippen molar-refractivity contribution in [1.82, 2.24) is 10.2 Å². The molecule has 1 aromatic heterocycles. The predicted octanol–water partition coefficient (Wildman–Crippen LogP) is 1.90. The van der Waals surface area contributed by atoms with Gasteiger partial charge in [0, 0.05) is 26.2 Å². The summed E-state index contributed by atoms with van der Waals surface area (Å²) in [5.41, 5.74) is 0. The van der Waals surface area contributed by atoms with Gasteiger partial charge in [0.05, 0.1) is 6.07 Å². The molecular weight excluding hydrogens is 274 g/mol. The average molecular weight is 295 g/mol. The van der Waals surface area contributed by atoms with E-state index >= 15 is 0 Å². The molecule has 7 nitrogen and oxygen atoms in total. The van der Waals surface area contributed by atoms with Gasteiger partial charge < -0.3 is 14.6 Å². The van der Waals surface area contributed by atoms with E-state index in [1.165, 1.54) is 18.6 Å². The third-order valence-electron chi connectivity index (χ3n) is 3.65. The van der Waals surface area contributed by atoms with E-state index in [2.05, 4.69) is 24.1 Å². The highest BCUT2D eigenvalue weighted by atomic mass is 16.6. The third kappa shape index (κ3) is 4.29. The fourth-order valence-electron chi connectivity index (χ4n) is 2.94. The molecule has 0 aliphatic carbocycles. The number of hydrogen-bond donors (Lipinski definition) is 1. The van der Waals surface area contributed by atoms with E-state index in [1.807, 2.05) is 0 Å². The molecule has 2 rings (SSSR count). The zero-order valence-corrected chi connectivity index (χ0v) is 12.4. The van der Waals surface area contributed by atoms with Crippen molar-refractivity contribution in [2.45, 2.75) is 20.3 Å². The van der Waals surface area contributed by atoms with Crippen molar-refractivity contribution in [3.05, 3.63) is 28.0 Å². The smallest absolute Gasteiger partial charge is 0.395 e. The molecule has 0 bridgehead atoms. The molecule has 21 heavy (non-hydrogen) atoms. The van der Waals surface area contributed by atoms with Gasteiger partial charge in [-0.1, -0.05) is 13.8 Å². The van der Waals surface area contributed by atoms with E-state index in [0.717, 1.165) is 19.6 Å². The molecule has 116 valence electrons. The molecule has 0 aromatic carbocycles. The molecule has 0 unspecified atom stereocenters. The Kier molecular flexibility index (Phi) is 4.95. The Hall–Kier alpha value is -1.89. The molecule has 1 saturated heterocycles. The zero-order valence-electron chi connectivity index (χ0n) is 12.4. The summed E-state index contributed by atoms with van der Waals surface area (Å²) in [7, 11) is 0. The summed E-state index contributed by atoms with van der Waals surface area (Å²) in [5, 5.41) is 13.2. The first-order valence-corrected chi connectivity index (χ1v) is 7.20. The lowest BCUT2D eigenvalue weighted by Gasteiger charge is -2.34.